The van der Waals surface area contributed by atoms with Gasteiger partial charge in [0.05, 0.1) is 11.8 Å². The topological polar surface area (TPSA) is 58.2 Å². The van der Waals surface area contributed by atoms with E-state index in [2.05, 4.69) is 31.4 Å². The van der Waals surface area contributed by atoms with Gasteiger partial charge in [-0.15, -0.1) is 0 Å². The molecule has 2 atom stereocenters. The second kappa shape index (κ2) is 8.36. The third-order valence-electron chi connectivity index (χ3n) is 5.08. The van der Waals surface area contributed by atoms with Crippen LogP contribution in [0.5, 0.6) is 0 Å². The van der Waals surface area contributed by atoms with Crippen LogP contribution in [-0.4, -0.2) is 18.4 Å². The van der Waals surface area contributed by atoms with Crippen LogP contribution in [0.4, 0.5) is 5.69 Å². The molecule has 0 aliphatic heterocycles. The van der Waals surface area contributed by atoms with Crippen LogP contribution in [-0.2, 0) is 21.4 Å². The van der Waals surface area contributed by atoms with Crippen molar-refractivity contribution in [1.82, 2.24) is 5.32 Å². The molecule has 2 amide bonds. The van der Waals surface area contributed by atoms with Gasteiger partial charge in [-0.25, -0.2) is 0 Å². The molecule has 1 aliphatic carbocycles. The summed E-state index contributed by atoms with van der Waals surface area (Å²) in [6.07, 6.45) is 1.35. The second-order valence-electron chi connectivity index (χ2n) is 8.40. The summed E-state index contributed by atoms with van der Waals surface area (Å²) >= 11 is 5.88. The van der Waals surface area contributed by atoms with Crippen molar-refractivity contribution in [2.45, 2.75) is 39.0 Å². The van der Waals surface area contributed by atoms with Gasteiger partial charge in [-0.05, 0) is 47.6 Å². The molecule has 5 heteroatoms. The minimum absolute atomic E-state index is 0.0433. The molecule has 0 aromatic heterocycles. The minimum atomic E-state index is -0.247. The van der Waals surface area contributed by atoms with E-state index < -0.39 is 0 Å². The number of hydrogen-bond acceptors (Lipinski definition) is 2. The highest BCUT2D eigenvalue weighted by Crippen LogP contribution is 2.40. The molecule has 3 rings (SSSR count). The zero-order valence-corrected chi connectivity index (χ0v) is 17.3. The van der Waals surface area contributed by atoms with E-state index in [4.69, 9.17) is 11.6 Å². The van der Waals surface area contributed by atoms with Crippen molar-refractivity contribution in [2.24, 2.45) is 11.8 Å². The van der Waals surface area contributed by atoms with Gasteiger partial charge in [0.1, 0.15) is 0 Å². The van der Waals surface area contributed by atoms with Crippen LogP contribution in [0.1, 0.15) is 38.3 Å². The number of nitrogens with one attached hydrogen (secondary N) is 2. The quantitative estimate of drug-likeness (QED) is 0.748. The Bertz CT molecular complexity index is 856. The predicted octanol–water partition coefficient (Wildman–Crippen LogP) is 4.57. The molecule has 0 heterocycles. The van der Waals surface area contributed by atoms with E-state index in [1.807, 2.05) is 48.5 Å². The van der Waals surface area contributed by atoms with E-state index in [0.717, 1.165) is 23.2 Å². The summed E-state index contributed by atoms with van der Waals surface area (Å²) in [4.78, 5) is 24.9. The lowest BCUT2D eigenvalue weighted by Gasteiger charge is -2.23. The van der Waals surface area contributed by atoms with Crippen LogP contribution in [0.3, 0.4) is 0 Å². The largest absolute Gasteiger partial charge is 0.356 e. The van der Waals surface area contributed by atoms with Gasteiger partial charge in [0.2, 0.25) is 11.8 Å². The van der Waals surface area contributed by atoms with E-state index in [0.29, 0.717) is 18.0 Å². The number of carbonyl (C=O) groups is 2. The molecule has 28 heavy (non-hydrogen) atoms. The Morgan fingerprint density at radius 1 is 1.00 bits per heavy atom. The predicted molar refractivity (Wildman–Crippen MR) is 114 cm³/mol. The zero-order valence-electron chi connectivity index (χ0n) is 16.6. The highest BCUT2D eigenvalue weighted by atomic mass is 35.5. The van der Waals surface area contributed by atoms with Gasteiger partial charge in [-0.2, -0.15) is 0 Å². The van der Waals surface area contributed by atoms with Gasteiger partial charge in [0.25, 0.3) is 0 Å². The first-order chi connectivity index (χ1) is 13.3. The van der Waals surface area contributed by atoms with E-state index in [9.17, 15) is 9.59 Å². The monoisotopic (exact) mass is 398 g/mol. The van der Waals surface area contributed by atoms with Gasteiger partial charge < -0.3 is 10.6 Å². The lowest BCUT2D eigenvalue weighted by atomic mass is 9.86. The maximum atomic E-state index is 12.6. The van der Waals surface area contributed by atoms with Crippen LogP contribution in [0.25, 0.3) is 0 Å². The van der Waals surface area contributed by atoms with Gasteiger partial charge in [-0.1, -0.05) is 62.7 Å². The summed E-state index contributed by atoms with van der Waals surface area (Å²) in [7, 11) is 0. The van der Waals surface area contributed by atoms with Gasteiger partial charge in [0.15, 0.2) is 0 Å². The average molecular weight is 399 g/mol. The Labute approximate surface area is 171 Å². The number of carbonyl (C=O) groups excluding carboxylic acids is 2. The van der Waals surface area contributed by atoms with Crippen LogP contribution in [0, 0.1) is 11.8 Å². The molecule has 2 N–H and O–H groups in total. The summed E-state index contributed by atoms with van der Waals surface area (Å²) in [5.74, 6) is -0.594. The summed E-state index contributed by atoms with van der Waals surface area (Å²) in [5, 5.41) is 6.66. The van der Waals surface area contributed by atoms with Crippen molar-refractivity contribution in [3.05, 3.63) is 64.7 Å². The van der Waals surface area contributed by atoms with Crippen LogP contribution in [0.15, 0.2) is 48.5 Å². The Kier molecular flexibility index (Phi) is 6.09. The summed E-state index contributed by atoms with van der Waals surface area (Å²) in [6.45, 7) is 6.91. The molecule has 4 nitrogen and oxygen atoms in total. The first-order valence-electron chi connectivity index (χ1n) is 9.68. The molecule has 0 saturated heterocycles. The Morgan fingerprint density at radius 2 is 1.64 bits per heavy atom. The van der Waals surface area contributed by atoms with E-state index in [1.54, 1.807) is 0 Å². The number of halogens is 1. The number of hydrogen-bond donors (Lipinski definition) is 2. The Hall–Kier alpha value is -2.33. The molecule has 0 radical (unpaired) electrons. The van der Waals surface area contributed by atoms with Gasteiger partial charge >= 0.3 is 0 Å². The molecule has 2 aromatic rings. The fourth-order valence-electron chi connectivity index (χ4n) is 3.36. The molecule has 2 aromatic carbocycles. The summed E-state index contributed by atoms with van der Waals surface area (Å²) in [6, 6.07) is 15.4. The molecule has 1 fully saturated rings. The third-order valence-corrected chi connectivity index (χ3v) is 5.34. The molecule has 1 aliphatic rings. The third kappa shape index (κ3) is 5.14. The number of amides is 2. The van der Waals surface area contributed by atoms with E-state index >= 15 is 0 Å². The highest BCUT2D eigenvalue weighted by molar-refractivity contribution is 6.30. The SMILES string of the molecule is CC(C)(C)c1ccccc1NC(=O)C1CC1C(=O)NCCc1ccc(Cl)cc1. The maximum absolute atomic E-state index is 12.6. The number of rotatable bonds is 6. The van der Waals surface area contributed by atoms with Crippen molar-refractivity contribution in [1.29, 1.82) is 0 Å². The lowest BCUT2D eigenvalue weighted by molar-refractivity contribution is -0.125. The van der Waals surface area contributed by atoms with E-state index in [-0.39, 0.29) is 29.1 Å². The molecule has 148 valence electrons. The maximum Gasteiger partial charge on any atom is 0.228 e. The van der Waals surface area contributed by atoms with E-state index in [1.165, 1.54) is 0 Å². The first kappa shape index (κ1) is 20.4. The first-order valence-corrected chi connectivity index (χ1v) is 10.1. The number of anilines is 1. The molecule has 1 saturated carbocycles. The molecule has 0 spiro atoms. The van der Waals surface area contributed by atoms with Crippen LogP contribution >= 0.6 is 11.6 Å². The van der Waals surface area contributed by atoms with Crippen molar-refractivity contribution in [2.75, 3.05) is 11.9 Å². The number of benzene rings is 2. The molecular formula is C23H27ClN2O2. The molecule has 0 bridgehead atoms. The Morgan fingerprint density at radius 3 is 2.32 bits per heavy atom. The van der Waals surface area contributed by atoms with Crippen molar-refractivity contribution in [3.8, 4) is 0 Å². The van der Waals surface area contributed by atoms with Gasteiger partial charge in [0, 0.05) is 17.3 Å². The number of para-hydroxylation sites is 1. The normalized spacial score (nSPS) is 18.4. The summed E-state index contributed by atoms with van der Waals surface area (Å²) in [5.41, 5.74) is 2.97. The van der Waals surface area contributed by atoms with Crippen molar-refractivity contribution in [3.63, 3.8) is 0 Å². The smallest absolute Gasteiger partial charge is 0.228 e. The van der Waals surface area contributed by atoms with Crippen LogP contribution in [0.2, 0.25) is 5.02 Å². The Balaban J connectivity index is 1.49. The zero-order chi connectivity index (χ0) is 20.3. The fourth-order valence-corrected chi connectivity index (χ4v) is 3.48. The molecule has 2 unspecified atom stereocenters. The van der Waals surface area contributed by atoms with Gasteiger partial charge in [-0.3, -0.25) is 9.59 Å². The standard InChI is InChI=1S/C23H27ClN2O2/c1-23(2,3)19-6-4-5-7-20(19)26-22(28)18-14-17(18)21(27)25-13-12-15-8-10-16(24)11-9-15/h4-11,17-18H,12-14H2,1-3H3,(H,25,27)(H,26,28). The minimum Gasteiger partial charge on any atom is -0.356 e. The summed E-state index contributed by atoms with van der Waals surface area (Å²) < 4.78 is 0. The lowest BCUT2D eigenvalue weighted by Crippen LogP contribution is -2.29. The fraction of sp³-hybridized carbons (Fsp3) is 0.391. The molecular weight excluding hydrogens is 372 g/mol. The van der Waals surface area contributed by atoms with Crippen LogP contribution < -0.4 is 10.6 Å². The average Bonchev–Trinajstić information content (AvgIpc) is 3.44. The van der Waals surface area contributed by atoms with Crippen molar-refractivity contribution < 1.29 is 9.59 Å². The van der Waals surface area contributed by atoms with Crippen molar-refractivity contribution >= 4 is 29.1 Å². The second-order valence-corrected chi connectivity index (χ2v) is 8.84. The highest BCUT2D eigenvalue weighted by Gasteiger charge is 2.48.